The average Bonchev–Trinajstić information content (AvgIpc) is 3.29. The van der Waals surface area contributed by atoms with E-state index in [4.69, 9.17) is 4.52 Å². The molecule has 0 aliphatic rings. The van der Waals surface area contributed by atoms with Crippen molar-refractivity contribution in [1.82, 2.24) is 29.9 Å². The van der Waals surface area contributed by atoms with E-state index in [9.17, 15) is 4.39 Å². The van der Waals surface area contributed by atoms with Gasteiger partial charge in [0.25, 0.3) is 0 Å². The molecule has 7 nitrogen and oxygen atoms in total. The third kappa shape index (κ3) is 3.59. The minimum absolute atomic E-state index is 0.237. The van der Waals surface area contributed by atoms with Crippen LogP contribution in [-0.4, -0.2) is 29.9 Å². The minimum atomic E-state index is -0.380. The standard InChI is InChI=1S/C18H15FN6OS/c1-11-5-6-14(19)13(8-11)16-21-15(26-24-16)10-27-18-23-22-17(25(18)2)12-4-3-7-20-9-12/h3-9H,10H2,1-2H3. The first-order chi connectivity index (χ1) is 13.1. The maximum absolute atomic E-state index is 14.0. The van der Waals surface area contributed by atoms with E-state index in [1.165, 1.54) is 17.8 Å². The van der Waals surface area contributed by atoms with Gasteiger partial charge in [-0.25, -0.2) is 4.39 Å². The Labute approximate surface area is 158 Å². The fourth-order valence-corrected chi connectivity index (χ4v) is 3.30. The molecule has 0 amide bonds. The molecule has 0 saturated heterocycles. The molecule has 4 rings (SSSR count). The number of pyridine rings is 1. The Hall–Kier alpha value is -3.07. The Morgan fingerprint density at radius 3 is 2.93 bits per heavy atom. The summed E-state index contributed by atoms with van der Waals surface area (Å²) in [6.45, 7) is 1.88. The summed E-state index contributed by atoms with van der Waals surface area (Å²) < 4.78 is 21.1. The number of nitrogens with zero attached hydrogens (tertiary/aromatic N) is 6. The Kier molecular flexibility index (Phi) is 4.68. The van der Waals surface area contributed by atoms with Gasteiger partial charge in [-0.15, -0.1) is 10.2 Å². The molecule has 0 saturated carbocycles. The first-order valence-electron chi connectivity index (χ1n) is 8.13. The second kappa shape index (κ2) is 7.28. The lowest BCUT2D eigenvalue weighted by molar-refractivity contribution is 0.391. The molecule has 0 bridgehead atoms. The summed E-state index contributed by atoms with van der Waals surface area (Å²) in [5.74, 6) is 1.37. The third-order valence-electron chi connectivity index (χ3n) is 3.91. The minimum Gasteiger partial charge on any atom is -0.338 e. The van der Waals surface area contributed by atoms with Crippen molar-refractivity contribution in [2.75, 3.05) is 0 Å². The van der Waals surface area contributed by atoms with Crippen LogP contribution in [0, 0.1) is 12.7 Å². The molecule has 3 aromatic heterocycles. The van der Waals surface area contributed by atoms with Gasteiger partial charge >= 0.3 is 0 Å². The van der Waals surface area contributed by atoms with Crippen LogP contribution in [0.3, 0.4) is 0 Å². The summed E-state index contributed by atoms with van der Waals surface area (Å²) in [6, 6.07) is 8.56. The highest BCUT2D eigenvalue weighted by atomic mass is 32.2. The molecular formula is C18H15FN6OS. The molecule has 9 heteroatoms. The van der Waals surface area contributed by atoms with Gasteiger partial charge in [-0.2, -0.15) is 4.98 Å². The van der Waals surface area contributed by atoms with Crippen molar-refractivity contribution in [2.24, 2.45) is 7.05 Å². The molecule has 0 spiro atoms. The van der Waals surface area contributed by atoms with Crippen molar-refractivity contribution < 1.29 is 8.91 Å². The van der Waals surface area contributed by atoms with Crippen molar-refractivity contribution in [3.63, 3.8) is 0 Å². The SMILES string of the molecule is Cc1ccc(F)c(-c2noc(CSc3nnc(-c4cccnc4)n3C)n2)c1. The summed E-state index contributed by atoms with van der Waals surface area (Å²) in [7, 11) is 1.88. The van der Waals surface area contributed by atoms with E-state index in [2.05, 4.69) is 25.3 Å². The monoisotopic (exact) mass is 382 g/mol. The predicted molar refractivity (Wildman–Crippen MR) is 98.2 cm³/mol. The molecular weight excluding hydrogens is 367 g/mol. The highest BCUT2D eigenvalue weighted by Gasteiger charge is 2.16. The third-order valence-corrected chi connectivity index (χ3v) is 4.92. The van der Waals surface area contributed by atoms with E-state index in [1.54, 1.807) is 24.5 Å². The van der Waals surface area contributed by atoms with Crippen LogP contribution in [-0.2, 0) is 12.8 Å². The Morgan fingerprint density at radius 1 is 1.22 bits per heavy atom. The van der Waals surface area contributed by atoms with Crippen molar-refractivity contribution in [2.45, 2.75) is 17.8 Å². The molecule has 0 atom stereocenters. The van der Waals surface area contributed by atoms with E-state index < -0.39 is 0 Å². The van der Waals surface area contributed by atoms with E-state index in [0.29, 0.717) is 22.4 Å². The largest absolute Gasteiger partial charge is 0.338 e. The summed E-state index contributed by atoms with van der Waals surface area (Å²) in [4.78, 5) is 8.38. The number of hydrogen-bond acceptors (Lipinski definition) is 7. The van der Waals surface area contributed by atoms with Crippen LogP contribution in [0.2, 0.25) is 0 Å². The van der Waals surface area contributed by atoms with Gasteiger partial charge in [-0.1, -0.05) is 28.5 Å². The zero-order valence-electron chi connectivity index (χ0n) is 14.6. The Bertz CT molecular complexity index is 1080. The molecule has 136 valence electrons. The van der Waals surface area contributed by atoms with Gasteiger partial charge in [0, 0.05) is 25.0 Å². The molecule has 0 fully saturated rings. The van der Waals surface area contributed by atoms with Gasteiger partial charge in [-0.05, 0) is 31.2 Å². The summed E-state index contributed by atoms with van der Waals surface area (Å²) in [5, 5.41) is 13.0. The van der Waals surface area contributed by atoms with Crippen LogP contribution >= 0.6 is 11.8 Å². The fraction of sp³-hybridized carbons (Fsp3) is 0.167. The molecule has 0 radical (unpaired) electrons. The topological polar surface area (TPSA) is 82.5 Å². The van der Waals surface area contributed by atoms with Gasteiger partial charge in [0.1, 0.15) is 5.82 Å². The van der Waals surface area contributed by atoms with Gasteiger partial charge in [0.05, 0.1) is 11.3 Å². The maximum Gasteiger partial charge on any atom is 0.237 e. The van der Waals surface area contributed by atoms with Crippen molar-refractivity contribution in [3.8, 4) is 22.8 Å². The quantitative estimate of drug-likeness (QED) is 0.487. The van der Waals surface area contributed by atoms with E-state index in [0.717, 1.165) is 17.0 Å². The average molecular weight is 382 g/mol. The molecule has 1 aromatic carbocycles. The van der Waals surface area contributed by atoms with Gasteiger partial charge in [0.15, 0.2) is 11.0 Å². The zero-order chi connectivity index (χ0) is 18.8. The zero-order valence-corrected chi connectivity index (χ0v) is 15.4. The lowest BCUT2D eigenvalue weighted by Gasteiger charge is -2.02. The van der Waals surface area contributed by atoms with Crippen molar-refractivity contribution in [3.05, 3.63) is 60.0 Å². The number of benzene rings is 1. The maximum atomic E-state index is 14.0. The van der Waals surface area contributed by atoms with Gasteiger partial charge in [-0.3, -0.25) is 4.98 Å². The first kappa shape index (κ1) is 17.3. The highest BCUT2D eigenvalue weighted by molar-refractivity contribution is 7.98. The molecule has 0 aliphatic heterocycles. The smallest absolute Gasteiger partial charge is 0.237 e. The second-order valence-electron chi connectivity index (χ2n) is 5.89. The van der Waals surface area contributed by atoms with Crippen molar-refractivity contribution >= 4 is 11.8 Å². The summed E-state index contributed by atoms with van der Waals surface area (Å²) >= 11 is 1.41. The molecule has 4 aromatic rings. The van der Waals surface area contributed by atoms with Gasteiger partial charge < -0.3 is 9.09 Å². The van der Waals surface area contributed by atoms with Crippen LogP contribution in [0.1, 0.15) is 11.5 Å². The Morgan fingerprint density at radius 2 is 2.11 bits per heavy atom. The molecule has 0 N–H and O–H groups in total. The number of rotatable bonds is 5. The Balaban J connectivity index is 1.50. The second-order valence-corrected chi connectivity index (χ2v) is 6.83. The van der Waals surface area contributed by atoms with Crippen LogP contribution in [0.4, 0.5) is 4.39 Å². The molecule has 0 unspecified atom stereocenters. The molecule has 3 heterocycles. The number of hydrogen-bond donors (Lipinski definition) is 0. The van der Waals surface area contributed by atoms with E-state index >= 15 is 0 Å². The summed E-state index contributed by atoms with van der Waals surface area (Å²) in [6.07, 6.45) is 3.44. The number of aromatic nitrogens is 6. The first-order valence-corrected chi connectivity index (χ1v) is 9.12. The number of aryl methyl sites for hydroxylation is 1. The predicted octanol–water partition coefficient (Wildman–Crippen LogP) is 3.67. The normalized spacial score (nSPS) is 11.1. The van der Waals surface area contributed by atoms with E-state index in [-0.39, 0.29) is 11.6 Å². The van der Waals surface area contributed by atoms with Crippen LogP contribution in [0.15, 0.2) is 52.4 Å². The number of halogens is 1. The van der Waals surface area contributed by atoms with E-state index in [1.807, 2.05) is 30.7 Å². The van der Waals surface area contributed by atoms with Crippen LogP contribution in [0.25, 0.3) is 22.8 Å². The summed E-state index contributed by atoms with van der Waals surface area (Å²) in [5.41, 5.74) is 2.14. The van der Waals surface area contributed by atoms with Gasteiger partial charge in [0.2, 0.25) is 11.7 Å². The fourth-order valence-electron chi connectivity index (χ4n) is 2.55. The van der Waals surface area contributed by atoms with Crippen LogP contribution in [0.5, 0.6) is 0 Å². The lowest BCUT2D eigenvalue weighted by atomic mass is 10.1. The number of thioether (sulfide) groups is 1. The molecule has 27 heavy (non-hydrogen) atoms. The molecule has 0 aliphatic carbocycles. The van der Waals surface area contributed by atoms with Crippen LogP contribution < -0.4 is 0 Å². The lowest BCUT2D eigenvalue weighted by Crippen LogP contribution is -1.95. The van der Waals surface area contributed by atoms with Crippen molar-refractivity contribution in [1.29, 1.82) is 0 Å². The highest BCUT2D eigenvalue weighted by Crippen LogP contribution is 2.26.